The summed E-state index contributed by atoms with van der Waals surface area (Å²) < 4.78 is 53.7. The summed E-state index contributed by atoms with van der Waals surface area (Å²) in [5, 5.41) is 0. The van der Waals surface area contributed by atoms with Crippen molar-refractivity contribution in [2.45, 2.75) is 6.18 Å². The first kappa shape index (κ1) is 17.7. The molecule has 0 aliphatic heterocycles. The third-order valence-corrected chi connectivity index (χ3v) is 3.42. The molecule has 0 saturated carbocycles. The van der Waals surface area contributed by atoms with Crippen LogP contribution in [0.1, 0.15) is 5.56 Å². The molecule has 0 aliphatic rings. The van der Waals surface area contributed by atoms with Crippen LogP contribution in [0.5, 0.6) is 17.2 Å². The predicted molar refractivity (Wildman–Crippen MR) is 82.8 cm³/mol. The number of methoxy groups -OCH3 is 3. The molecule has 0 bridgehead atoms. The lowest BCUT2D eigenvalue weighted by atomic mass is 10.0. The highest BCUT2D eigenvalue weighted by Crippen LogP contribution is 2.41. The highest BCUT2D eigenvalue weighted by Gasteiger charge is 2.30. The van der Waals surface area contributed by atoms with E-state index in [9.17, 15) is 18.0 Å². The smallest absolute Gasteiger partial charge is 0.416 e. The average Bonchev–Trinajstić information content (AvgIpc) is 2.69. The van der Waals surface area contributed by atoms with Crippen molar-refractivity contribution in [2.24, 2.45) is 0 Å². The molecule has 0 radical (unpaired) electrons. The second kappa shape index (κ2) is 6.82. The van der Waals surface area contributed by atoms with Crippen molar-refractivity contribution >= 4 is 0 Å². The summed E-state index contributed by atoms with van der Waals surface area (Å²) in [5.74, 6) is 0.216. The van der Waals surface area contributed by atoms with Gasteiger partial charge in [0.1, 0.15) is 0 Å². The van der Waals surface area contributed by atoms with E-state index in [0.717, 1.165) is 12.1 Å². The molecule has 0 unspecified atom stereocenters. The maximum Gasteiger partial charge on any atom is 0.416 e. The van der Waals surface area contributed by atoms with Gasteiger partial charge in [0.15, 0.2) is 5.75 Å². The van der Waals surface area contributed by atoms with Gasteiger partial charge in [-0.2, -0.15) is 13.2 Å². The summed E-state index contributed by atoms with van der Waals surface area (Å²) in [5.41, 5.74) is -0.357. The van der Waals surface area contributed by atoms with Crippen LogP contribution in [-0.4, -0.2) is 21.3 Å². The number of benzene rings is 1. The van der Waals surface area contributed by atoms with Crippen molar-refractivity contribution in [2.75, 3.05) is 21.3 Å². The molecule has 0 amide bonds. The Morgan fingerprint density at radius 2 is 1.29 bits per heavy atom. The quantitative estimate of drug-likeness (QED) is 0.850. The Balaban J connectivity index is 2.71. The maximum atomic E-state index is 12.7. The summed E-state index contributed by atoms with van der Waals surface area (Å²) in [6.45, 7) is 0. The number of ether oxygens (including phenoxy) is 3. The highest BCUT2D eigenvalue weighted by atomic mass is 19.4. The standard InChI is InChI=1S/C17H15F3O4/c1-22-14-12(8-9-13(21)15(23-2)16(14)24-3)10-4-6-11(7-5-10)17(18,19)20/h4-9H,1-3H3. The van der Waals surface area contributed by atoms with Gasteiger partial charge in [-0.15, -0.1) is 0 Å². The Bertz CT molecular complexity index is 783. The van der Waals surface area contributed by atoms with E-state index in [4.69, 9.17) is 14.2 Å². The number of hydrogen-bond acceptors (Lipinski definition) is 4. The molecule has 4 nitrogen and oxygen atoms in total. The SMILES string of the molecule is COc1c(-c2ccc(C(F)(F)F)cc2)ccc(=O)c(OC)c1OC. The molecule has 0 saturated heterocycles. The fourth-order valence-electron chi connectivity index (χ4n) is 2.30. The molecule has 0 N–H and O–H groups in total. The Kier molecular flexibility index (Phi) is 5.02. The van der Waals surface area contributed by atoms with Gasteiger partial charge in [0.25, 0.3) is 0 Å². The summed E-state index contributed by atoms with van der Waals surface area (Å²) in [4.78, 5) is 12.1. The fraction of sp³-hybridized carbons (Fsp3) is 0.235. The van der Waals surface area contributed by atoms with E-state index in [2.05, 4.69) is 0 Å². The normalized spacial score (nSPS) is 11.1. The first-order chi connectivity index (χ1) is 11.3. The Morgan fingerprint density at radius 3 is 1.75 bits per heavy atom. The zero-order valence-electron chi connectivity index (χ0n) is 13.2. The van der Waals surface area contributed by atoms with Crippen molar-refractivity contribution in [3.05, 3.63) is 52.2 Å². The Hall–Kier alpha value is -2.70. The lowest BCUT2D eigenvalue weighted by Crippen LogP contribution is -2.04. The van der Waals surface area contributed by atoms with Gasteiger partial charge in [-0.3, -0.25) is 4.79 Å². The molecule has 2 rings (SSSR count). The number of alkyl halides is 3. The lowest BCUT2D eigenvalue weighted by Gasteiger charge is -2.12. The molecule has 7 heteroatoms. The van der Waals surface area contributed by atoms with Gasteiger partial charge in [0, 0.05) is 5.56 Å². The summed E-state index contributed by atoms with van der Waals surface area (Å²) >= 11 is 0. The monoisotopic (exact) mass is 340 g/mol. The molecule has 0 spiro atoms. The minimum Gasteiger partial charge on any atom is -0.492 e. The number of hydrogen-bond donors (Lipinski definition) is 0. The van der Waals surface area contributed by atoms with Crippen molar-refractivity contribution in [1.29, 1.82) is 0 Å². The van der Waals surface area contributed by atoms with Crippen LogP contribution in [0.2, 0.25) is 0 Å². The van der Waals surface area contributed by atoms with E-state index in [1.165, 1.54) is 45.6 Å². The average molecular weight is 340 g/mol. The minimum atomic E-state index is -4.42. The van der Waals surface area contributed by atoms with Gasteiger partial charge >= 0.3 is 6.18 Å². The van der Waals surface area contributed by atoms with E-state index < -0.39 is 17.2 Å². The number of halogens is 3. The van der Waals surface area contributed by atoms with Crippen LogP contribution in [0.3, 0.4) is 0 Å². The second-order valence-corrected chi connectivity index (χ2v) is 4.79. The van der Waals surface area contributed by atoms with Crippen molar-refractivity contribution < 1.29 is 27.4 Å². The predicted octanol–water partition coefficient (Wildman–Crippen LogP) is 3.76. The highest BCUT2D eigenvalue weighted by molar-refractivity contribution is 5.75. The Labute approximate surface area is 136 Å². The summed E-state index contributed by atoms with van der Waals surface area (Å²) in [6, 6.07) is 7.23. The van der Waals surface area contributed by atoms with Crippen LogP contribution in [-0.2, 0) is 6.18 Å². The number of rotatable bonds is 4. The van der Waals surface area contributed by atoms with Gasteiger partial charge < -0.3 is 14.2 Å². The van der Waals surface area contributed by atoms with Crippen LogP contribution in [0.15, 0.2) is 41.2 Å². The molecule has 0 aromatic heterocycles. The fourth-order valence-corrected chi connectivity index (χ4v) is 2.30. The van der Waals surface area contributed by atoms with Crippen LogP contribution in [0.4, 0.5) is 13.2 Å². The molecule has 0 heterocycles. The molecule has 0 aliphatic carbocycles. The summed E-state index contributed by atoms with van der Waals surface area (Å²) in [6.07, 6.45) is -4.42. The van der Waals surface area contributed by atoms with Crippen LogP contribution in [0, 0.1) is 0 Å². The molecule has 128 valence electrons. The topological polar surface area (TPSA) is 44.8 Å². The van der Waals surface area contributed by atoms with Crippen LogP contribution in [0.25, 0.3) is 11.1 Å². The first-order valence-electron chi connectivity index (χ1n) is 6.84. The molecule has 2 aromatic carbocycles. The second-order valence-electron chi connectivity index (χ2n) is 4.79. The Morgan fingerprint density at radius 1 is 0.750 bits per heavy atom. The molecule has 0 fully saturated rings. The van der Waals surface area contributed by atoms with Gasteiger partial charge in [-0.1, -0.05) is 12.1 Å². The van der Waals surface area contributed by atoms with Gasteiger partial charge in [-0.05, 0) is 29.8 Å². The lowest BCUT2D eigenvalue weighted by molar-refractivity contribution is -0.137. The molecule has 0 atom stereocenters. The largest absolute Gasteiger partial charge is 0.492 e. The third-order valence-electron chi connectivity index (χ3n) is 3.42. The van der Waals surface area contributed by atoms with E-state index in [-0.39, 0.29) is 17.2 Å². The zero-order valence-corrected chi connectivity index (χ0v) is 13.2. The van der Waals surface area contributed by atoms with Crippen LogP contribution < -0.4 is 19.6 Å². The van der Waals surface area contributed by atoms with E-state index >= 15 is 0 Å². The van der Waals surface area contributed by atoms with Gasteiger partial charge in [-0.25, -0.2) is 0 Å². The zero-order chi connectivity index (χ0) is 17.9. The van der Waals surface area contributed by atoms with Gasteiger partial charge in [0.2, 0.25) is 16.9 Å². The third kappa shape index (κ3) is 3.29. The van der Waals surface area contributed by atoms with Crippen LogP contribution >= 0.6 is 0 Å². The molecular weight excluding hydrogens is 325 g/mol. The van der Waals surface area contributed by atoms with Crippen molar-refractivity contribution in [1.82, 2.24) is 0 Å². The van der Waals surface area contributed by atoms with E-state index in [1.54, 1.807) is 0 Å². The molecule has 24 heavy (non-hydrogen) atoms. The van der Waals surface area contributed by atoms with Gasteiger partial charge in [0.05, 0.1) is 26.9 Å². The minimum absolute atomic E-state index is 0.0486. The van der Waals surface area contributed by atoms with E-state index in [1.807, 2.05) is 0 Å². The first-order valence-corrected chi connectivity index (χ1v) is 6.84. The molecular formula is C17H15F3O4. The van der Waals surface area contributed by atoms with Crippen molar-refractivity contribution in [3.8, 4) is 28.4 Å². The van der Waals surface area contributed by atoms with E-state index in [0.29, 0.717) is 11.1 Å². The maximum absolute atomic E-state index is 12.7. The summed E-state index contributed by atoms with van der Waals surface area (Å²) in [7, 11) is 4.03. The molecule has 2 aromatic rings. The van der Waals surface area contributed by atoms with Crippen molar-refractivity contribution in [3.63, 3.8) is 0 Å².